The quantitative estimate of drug-likeness (QED) is 0.598. The lowest BCUT2D eigenvalue weighted by atomic mass is 10.1. The summed E-state index contributed by atoms with van der Waals surface area (Å²) in [7, 11) is 0. The standard InChI is InChI=1S/C16H23NO2S/c1-11(17-20-16(3,4)5)6-7-13-8-9-14-15(10-13)19-12(2)18-14/h8-10,12H,6-7H2,1-5H3. The van der Waals surface area contributed by atoms with Gasteiger partial charge in [-0.2, -0.15) is 0 Å². The van der Waals surface area contributed by atoms with Crippen molar-refractivity contribution in [1.29, 1.82) is 0 Å². The maximum atomic E-state index is 5.59. The smallest absolute Gasteiger partial charge is 0.238 e. The lowest BCUT2D eigenvalue weighted by molar-refractivity contribution is 0.0678. The second-order valence-electron chi connectivity index (χ2n) is 6.11. The summed E-state index contributed by atoms with van der Waals surface area (Å²) in [6.07, 6.45) is 1.77. The van der Waals surface area contributed by atoms with Crippen molar-refractivity contribution in [2.45, 2.75) is 58.5 Å². The molecule has 0 aliphatic carbocycles. The molecule has 1 aliphatic rings. The van der Waals surface area contributed by atoms with Crippen LogP contribution in [0.15, 0.2) is 22.6 Å². The van der Waals surface area contributed by atoms with Gasteiger partial charge < -0.3 is 9.47 Å². The van der Waals surface area contributed by atoms with E-state index in [0.717, 1.165) is 24.3 Å². The van der Waals surface area contributed by atoms with E-state index in [9.17, 15) is 0 Å². The number of rotatable bonds is 4. The second-order valence-corrected chi connectivity index (χ2v) is 7.70. The molecule has 3 nitrogen and oxygen atoms in total. The van der Waals surface area contributed by atoms with Gasteiger partial charge in [0.2, 0.25) is 6.29 Å². The molecule has 1 aromatic carbocycles. The summed E-state index contributed by atoms with van der Waals surface area (Å²) in [5.74, 6) is 1.70. The van der Waals surface area contributed by atoms with Crippen LogP contribution in [-0.2, 0) is 6.42 Å². The van der Waals surface area contributed by atoms with Crippen LogP contribution in [0, 0.1) is 0 Å². The normalized spacial score (nSPS) is 18.4. The Morgan fingerprint density at radius 2 is 1.95 bits per heavy atom. The van der Waals surface area contributed by atoms with Crippen LogP contribution < -0.4 is 9.47 Å². The third-order valence-corrected chi connectivity index (χ3v) is 3.80. The van der Waals surface area contributed by atoms with Gasteiger partial charge in [0.25, 0.3) is 0 Å². The molecule has 0 saturated carbocycles. The zero-order valence-corrected chi connectivity index (χ0v) is 13.7. The highest BCUT2D eigenvalue weighted by atomic mass is 32.2. The molecule has 0 radical (unpaired) electrons. The first-order chi connectivity index (χ1) is 9.33. The van der Waals surface area contributed by atoms with Crippen LogP contribution >= 0.6 is 11.9 Å². The number of benzene rings is 1. The molecule has 0 spiro atoms. The van der Waals surface area contributed by atoms with E-state index in [1.54, 1.807) is 11.9 Å². The van der Waals surface area contributed by atoms with E-state index < -0.39 is 0 Å². The molecule has 1 aromatic rings. The van der Waals surface area contributed by atoms with Crippen LogP contribution in [0.1, 0.15) is 46.6 Å². The molecule has 1 aliphatic heterocycles. The molecule has 0 N–H and O–H groups in total. The summed E-state index contributed by atoms with van der Waals surface area (Å²) < 4.78 is 15.9. The average molecular weight is 293 g/mol. The summed E-state index contributed by atoms with van der Waals surface area (Å²) in [6.45, 7) is 10.5. The fourth-order valence-corrected chi connectivity index (χ4v) is 2.39. The van der Waals surface area contributed by atoms with E-state index in [4.69, 9.17) is 9.47 Å². The molecule has 0 fully saturated rings. The Bertz CT molecular complexity index is 506. The third-order valence-electron chi connectivity index (χ3n) is 2.84. The monoisotopic (exact) mass is 293 g/mol. The fraction of sp³-hybridized carbons (Fsp3) is 0.562. The summed E-state index contributed by atoms with van der Waals surface area (Å²) in [4.78, 5) is 0. The predicted molar refractivity (Wildman–Crippen MR) is 85.9 cm³/mol. The number of hydrogen-bond acceptors (Lipinski definition) is 4. The van der Waals surface area contributed by atoms with Crippen LogP contribution in [0.25, 0.3) is 0 Å². The van der Waals surface area contributed by atoms with Gasteiger partial charge in [-0.15, -0.1) is 0 Å². The number of hydrogen-bond donors (Lipinski definition) is 0. The van der Waals surface area contributed by atoms with Crippen LogP contribution in [0.2, 0.25) is 0 Å². The summed E-state index contributed by atoms with van der Waals surface area (Å²) in [5.41, 5.74) is 2.44. The summed E-state index contributed by atoms with van der Waals surface area (Å²) in [6, 6.07) is 6.16. The van der Waals surface area contributed by atoms with Crippen LogP contribution in [0.4, 0.5) is 0 Å². The van der Waals surface area contributed by atoms with Crippen LogP contribution in [0.3, 0.4) is 0 Å². The Morgan fingerprint density at radius 3 is 2.65 bits per heavy atom. The number of aryl methyl sites for hydroxylation is 1. The number of fused-ring (bicyclic) bond motifs is 1. The highest BCUT2D eigenvalue weighted by Crippen LogP contribution is 2.35. The Hall–Kier alpha value is -1.16. The van der Waals surface area contributed by atoms with Gasteiger partial charge in [0.1, 0.15) is 0 Å². The molecule has 110 valence electrons. The van der Waals surface area contributed by atoms with Crippen molar-refractivity contribution < 1.29 is 9.47 Å². The van der Waals surface area contributed by atoms with E-state index in [2.05, 4.69) is 44.2 Å². The molecule has 1 unspecified atom stereocenters. The molecule has 0 amide bonds. The van der Waals surface area contributed by atoms with Gasteiger partial charge in [0, 0.05) is 17.4 Å². The minimum Gasteiger partial charge on any atom is -0.451 e. The Balaban J connectivity index is 1.90. The summed E-state index contributed by atoms with van der Waals surface area (Å²) in [5, 5.41) is 0. The minimum atomic E-state index is -0.174. The van der Waals surface area contributed by atoms with E-state index in [1.807, 2.05) is 13.0 Å². The topological polar surface area (TPSA) is 30.8 Å². The molecule has 0 aromatic heterocycles. The predicted octanol–water partition coefficient (Wildman–Crippen LogP) is 4.64. The highest BCUT2D eigenvalue weighted by molar-refractivity contribution is 7.99. The van der Waals surface area contributed by atoms with Gasteiger partial charge >= 0.3 is 0 Å². The van der Waals surface area contributed by atoms with Crippen molar-refractivity contribution >= 4 is 17.7 Å². The zero-order valence-electron chi connectivity index (χ0n) is 12.9. The fourth-order valence-electron chi connectivity index (χ4n) is 1.86. The molecule has 4 heteroatoms. The maximum Gasteiger partial charge on any atom is 0.238 e. The second kappa shape index (κ2) is 6.08. The van der Waals surface area contributed by atoms with Crippen molar-refractivity contribution in [1.82, 2.24) is 0 Å². The van der Waals surface area contributed by atoms with Gasteiger partial charge in [-0.05, 0) is 70.2 Å². The van der Waals surface area contributed by atoms with E-state index in [-0.39, 0.29) is 11.0 Å². The SMILES string of the molecule is CC(CCc1ccc2c(c1)OC(C)O2)=NSC(C)(C)C. The van der Waals surface area contributed by atoms with Crippen LogP contribution in [-0.4, -0.2) is 16.7 Å². The third kappa shape index (κ3) is 4.44. The lowest BCUT2D eigenvalue weighted by Gasteiger charge is -2.13. The Labute approximate surface area is 125 Å². The molecular weight excluding hydrogens is 270 g/mol. The maximum absolute atomic E-state index is 5.59. The molecule has 20 heavy (non-hydrogen) atoms. The van der Waals surface area contributed by atoms with Crippen molar-refractivity contribution in [3.63, 3.8) is 0 Å². The van der Waals surface area contributed by atoms with Crippen molar-refractivity contribution in [3.05, 3.63) is 23.8 Å². The Kier molecular flexibility index (Phi) is 4.63. The van der Waals surface area contributed by atoms with E-state index in [0.29, 0.717) is 0 Å². The van der Waals surface area contributed by atoms with Crippen molar-refractivity contribution in [2.75, 3.05) is 0 Å². The van der Waals surface area contributed by atoms with Gasteiger partial charge in [-0.1, -0.05) is 6.07 Å². The van der Waals surface area contributed by atoms with Crippen LogP contribution in [0.5, 0.6) is 11.5 Å². The van der Waals surface area contributed by atoms with E-state index in [1.165, 1.54) is 11.3 Å². The largest absolute Gasteiger partial charge is 0.451 e. The minimum absolute atomic E-state index is 0.174. The van der Waals surface area contributed by atoms with Crippen molar-refractivity contribution in [3.8, 4) is 11.5 Å². The van der Waals surface area contributed by atoms with Gasteiger partial charge in [0.15, 0.2) is 11.5 Å². The molecule has 0 bridgehead atoms. The summed E-state index contributed by atoms with van der Waals surface area (Å²) >= 11 is 1.64. The Morgan fingerprint density at radius 1 is 1.25 bits per heavy atom. The first-order valence-corrected chi connectivity index (χ1v) is 7.79. The number of ether oxygens (including phenoxy) is 2. The molecular formula is C16H23NO2S. The number of nitrogens with zero attached hydrogens (tertiary/aromatic N) is 1. The molecule has 0 saturated heterocycles. The first kappa shape index (κ1) is 15.2. The highest BCUT2D eigenvalue weighted by Gasteiger charge is 2.19. The van der Waals surface area contributed by atoms with Gasteiger partial charge in [-0.25, -0.2) is 4.40 Å². The lowest BCUT2D eigenvalue weighted by Crippen LogP contribution is -2.11. The van der Waals surface area contributed by atoms with Gasteiger partial charge in [0.05, 0.1) is 0 Å². The van der Waals surface area contributed by atoms with E-state index >= 15 is 0 Å². The molecule has 1 atom stereocenters. The first-order valence-electron chi connectivity index (χ1n) is 7.01. The molecule has 2 rings (SSSR count). The molecule has 1 heterocycles. The van der Waals surface area contributed by atoms with Gasteiger partial charge in [-0.3, -0.25) is 0 Å². The zero-order chi connectivity index (χ0) is 14.8. The van der Waals surface area contributed by atoms with Crippen molar-refractivity contribution in [2.24, 2.45) is 4.40 Å². The average Bonchev–Trinajstić information content (AvgIpc) is 2.72.